The zero-order valence-electron chi connectivity index (χ0n) is 11.4. The number of ether oxygens (including phenoxy) is 1. The van der Waals surface area contributed by atoms with Crippen molar-refractivity contribution in [3.8, 4) is 0 Å². The summed E-state index contributed by atoms with van der Waals surface area (Å²) in [7, 11) is 0. The number of nitrogens with one attached hydrogen (secondary N) is 2. The fourth-order valence-corrected chi connectivity index (χ4v) is 4.87. The molecule has 2 fully saturated rings. The summed E-state index contributed by atoms with van der Waals surface area (Å²) < 4.78 is 5.97. The van der Waals surface area contributed by atoms with Gasteiger partial charge in [-0.05, 0) is 47.4 Å². The molecule has 20 heavy (non-hydrogen) atoms. The Morgan fingerprint density at radius 2 is 2.50 bits per heavy atom. The van der Waals surface area contributed by atoms with Gasteiger partial charge in [0.15, 0.2) is 0 Å². The zero-order valence-corrected chi connectivity index (χ0v) is 13.0. The van der Waals surface area contributed by atoms with Gasteiger partial charge in [0.2, 0.25) is 0 Å². The number of urea groups is 1. The van der Waals surface area contributed by atoms with E-state index in [-0.39, 0.29) is 17.7 Å². The lowest BCUT2D eigenvalue weighted by atomic mass is 9.90. The van der Waals surface area contributed by atoms with Gasteiger partial charge in [-0.25, -0.2) is 4.79 Å². The molecule has 1 aromatic heterocycles. The summed E-state index contributed by atoms with van der Waals surface area (Å²) in [4.78, 5) is 11.9. The van der Waals surface area contributed by atoms with Crippen LogP contribution in [-0.2, 0) is 11.3 Å². The molecule has 0 saturated carbocycles. The Morgan fingerprint density at radius 1 is 1.55 bits per heavy atom. The Labute approximate surface area is 127 Å². The van der Waals surface area contributed by atoms with Crippen molar-refractivity contribution in [1.82, 2.24) is 10.6 Å². The Bertz CT molecular complexity index is 444. The highest BCUT2D eigenvalue weighted by Gasteiger charge is 2.40. The molecule has 0 bridgehead atoms. The molecule has 1 spiro atoms. The largest absolute Gasteiger partial charge is 0.374 e. The summed E-state index contributed by atoms with van der Waals surface area (Å²) in [6.45, 7) is 1.36. The van der Waals surface area contributed by atoms with Gasteiger partial charge in [-0.1, -0.05) is 0 Å². The van der Waals surface area contributed by atoms with Crippen molar-refractivity contribution < 1.29 is 9.53 Å². The molecule has 6 heteroatoms. The van der Waals surface area contributed by atoms with E-state index in [9.17, 15) is 4.79 Å². The highest BCUT2D eigenvalue weighted by molar-refractivity contribution is 7.99. The fourth-order valence-electron chi connectivity index (χ4n) is 2.83. The molecule has 0 unspecified atom stereocenters. The van der Waals surface area contributed by atoms with E-state index in [4.69, 9.17) is 4.74 Å². The third-order valence-electron chi connectivity index (χ3n) is 3.93. The van der Waals surface area contributed by atoms with E-state index in [1.807, 2.05) is 23.2 Å². The minimum absolute atomic E-state index is 0.0220. The van der Waals surface area contributed by atoms with Crippen molar-refractivity contribution in [3.63, 3.8) is 0 Å². The van der Waals surface area contributed by atoms with E-state index in [1.54, 1.807) is 11.3 Å². The summed E-state index contributed by atoms with van der Waals surface area (Å²) in [5.74, 6) is 2.25. The average Bonchev–Trinajstić information content (AvgIpc) is 3.09. The summed E-state index contributed by atoms with van der Waals surface area (Å²) in [6, 6.07) is 2.21. The minimum Gasteiger partial charge on any atom is -0.374 e. The van der Waals surface area contributed by atoms with Gasteiger partial charge in [0.1, 0.15) is 0 Å². The van der Waals surface area contributed by atoms with Crippen molar-refractivity contribution in [2.24, 2.45) is 0 Å². The van der Waals surface area contributed by atoms with Crippen LogP contribution in [0.15, 0.2) is 16.8 Å². The monoisotopic (exact) mass is 312 g/mol. The van der Waals surface area contributed by atoms with Crippen molar-refractivity contribution in [2.45, 2.75) is 37.5 Å². The maximum Gasteiger partial charge on any atom is 0.315 e. The molecule has 4 nitrogen and oxygen atoms in total. The van der Waals surface area contributed by atoms with Crippen molar-refractivity contribution >= 4 is 29.1 Å². The molecular formula is C14H20N2O2S2. The van der Waals surface area contributed by atoms with Crippen LogP contribution < -0.4 is 10.6 Å². The van der Waals surface area contributed by atoms with Gasteiger partial charge in [0, 0.05) is 24.9 Å². The smallest absolute Gasteiger partial charge is 0.315 e. The quantitative estimate of drug-likeness (QED) is 0.902. The van der Waals surface area contributed by atoms with Gasteiger partial charge in [0.05, 0.1) is 5.60 Å². The molecule has 2 atom stereocenters. The maximum atomic E-state index is 11.9. The lowest BCUT2D eigenvalue weighted by Gasteiger charge is -2.37. The van der Waals surface area contributed by atoms with Crippen LogP contribution in [0.5, 0.6) is 0 Å². The predicted octanol–water partition coefficient (Wildman–Crippen LogP) is 2.60. The van der Waals surface area contributed by atoms with E-state index in [1.165, 1.54) is 5.75 Å². The molecule has 1 aromatic rings. The van der Waals surface area contributed by atoms with E-state index < -0.39 is 0 Å². The number of hydrogen-bond donors (Lipinski definition) is 2. The highest BCUT2D eigenvalue weighted by Crippen LogP contribution is 2.38. The number of rotatable bonds is 3. The molecule has 0 aliphatic carbocycles. The predicted molar refractivity (Wildman–Crippen MR) is 83.3 cm³/mol. The first kappa shape index (κ1) is 14.2. The topological polar surface area (TPSA) is 50.4 Å². The first-order chi connectivity index (χ1) is 9.76. The summed E-state index contributed by atoms with van der Waals surface area (Å²) >= 11 is 3.61. The van der Waals surface area contributed by atoms with E-state index in [0.29, 0.717) is 6.54 Å². The Hall–Kier alpha value is -0.720. The molecule has 3 heterocycles. The third kappa shape index (κ3) is 3.48. The molecule has 110 valence electrons. The lowest BCUT2D eigenvalue weighted by Crippen LogP contribution is -2.50. The summed E-state index contributed by atoms with van der Waals surface area (Å²) in [6.07, 6.45) is 2.98. The maximum absolute atomic E-state index is 11.9. The Kier molecular flexibility index (Phi) is 4.53. The number of carbonyl (C=O) groups excluding carboxylic acids is 1. The number of thioether (sulfide) groups is 1. The average molecular weight is 312 g/mol. The van der Waals surface area contributed by atoms with Crippen LogP contribution in [0.3, 0.4) is 0 Å². The van der Waals surface area contributed by atoms with Crippen molar-refractivity contribution in [2.75, 3.05) is 18.1 Å². The van der Waals surface area contributed by atoms with Gasteiger partial charge in [-0.15, -0.1) is 0 Å². The summed E-state index contributed by atoms with van der Waals surface area (Å²) in [5, 5.41) is 10.1. The number of thiophene rings is 1. The number of hydrogen-bond acceptors (Lipinski definition) is 4. The van der Waals surface area contributed by atoms with E-state index in [0.717, 1.165) is 37.2 Å². The second-order valence-corrected chi connectivity index (χ2v) is 7.37. The molecule has 2 N–H and O–H groups in total. The second-order valence-electron chi connectivity index (χ2n) is 5.48. The molecular weight excluding hydrogens is 292 g/mol. The first-order valence-electron chi connectivity index (χ1n) is 7.03. The highest BCUT2D eigenvalue weighted by atomic mass is 32.2. The zero-order chi connectivity index (χ0) is 13.8. The second kappa shape index (κ2) is 6.37. The van der Waals surface area contributed by atoms with Crippen LogP contribution in [0.4, 0.5) is 4.79 Å². The van der Waals surface area contributed by atoms with Crippen LogP contribution in [0, 0.1) is 0 Å². The van der Waals surface area contributed by atoms with Gasteiger partial charge < -0.3 is 15.4 Å². The molecule has 2 aliphatic rings. The fraction of sp³-hybridized carbons (Fsp3) is 0.643. The van der Waals surface area contributed by atoms with Gasteiger partial charge in [-0.2, -0.15) is 23.1 Å². The molecule has 0 aromatic carbocycles. The standard InChI is InChI=1S/C14H20N2O2S2/c17-13(15-8-11-2-5-19-9-11)16-12-1-4-18-14(7-12)3-6-20-10-14/h2,5,9,12H,1,3-4,6-8,10H2,(H2,15,16,17)/t12-,14+/m1/s1. The van der Waals surface area contributed by atoms with Gasteiger partial charge in [0.25, 0.3) is 0 Å². The van der Waals surface area contributed by atoms with Crippen LogP contribution in [-0.4, -0.2) is 35.8 Å². The minimum atomic E-state index is -0.0658. The van der Waals surface area contributed by atoms with Crippen LogP contribution in [0.2, 0.25) is 0 Å². The molecule has 2 aliphatic heterocycles. The molecule has 0 radical (unpaired) electrons. The first-order valence-corrected chi connectivity index (χ1v) is 9.13. The molecule has 3 rings (SSSR count). The third-order valence-corrected chi connectivity index (χ3v) is 5.88. The normalized spacial score (nSPS) is 29.5. The van der Waals surface area contributed by atoms with Crippen LogP contribution in [0.1, 0.15) is 24.8 Å². The molecule has 2 amide bonds. The van der Waals surface area contributed by atoms with Crippen molar-refractivity contribution in [1.29, 1.82) is 0 Å². The Morgan fingerprint density at radius 3 is 3.25 bits per heavy atom. The van der Waals surface area contributed by atoms with Gasteiger partial charge >= 0.3 is 6.03 Å². The SMILES string of the molecule is O=C(NCc1ccsc1)N[C@@H]1CCO[C@@]2(CCSC2)C1. The summed E-state index contributed by atoms with van der Waals surface area (Å²) in [5.41, 5.74) is 1.18. The molecule has 2 saturated heterocycles. The van der Waals surface area contributed by atoms with E-state index >= 15 is 0 Å². The van der Waals surface area contributed by atoms with Crippen molar-refractivity contribution in [3.05, 3.63) is 22.4 Å². The van der Waals surface area contributed by atoms with Crippen LogP contribution >= 0.6 is 23.1 Å². The van der Waals surface area contributed by atoms with Crippen LogP contribution in [0.25, 0.3) is 0 Å². The number of amides is 2. The van der Waals surface area contributed by atoms with E-state index in [2.05, 4.69) is 16.0 Å². The lowest BCUT2D eigenvalue weighted by molar-refractivity contribution is -0.0684. The Balaban J connectivity index is 1.46. The van der Waals surface area contributed by atoms with Gasteiger partial charge in [-0.3, -0.25) is 0 Å². The number of carbonyl (C=O) groups is 1.